The molecule has 9 nitrogen and oxygen atoms in total. The number of fused-ring (bicyclic) bond motifs is 1. The van der Waals surface area contributed by atoms with Gasteiger partial charge in [-0.3, -0.25) is 9.36 Å². The number of methoxy groups -OCH3 is 2. The van der Waals surface area contributed by atoms with Crippen LogP contribution in [-0.2, 0) is 0 Å². The average Bonchev–Trinajstić information content (AvgIpc) is 3.57. The zero-order valence-electron chi connectivity index (χ0n) is 22.1. The highest BCUT2D eigenvalue weighted by Gasteiger charge is 2.30. The lowest BCUT2D eigenvalue weighted by molar-refractivity contribution is 0.0685. The number of benzene rings is 3. The molecule has 2 aromatic heterocycles. The van der Waals surface area contributed by atoms with E-state index in [1.807, 2.05) is 64.1 Å². The normalized spacial score (nSPS) is 14.0. The highest BCUT2D eigenvalue weighted by Crippen LogP contribution is 2.35. The van der Waals surface area contributed by atoms with Gasteiger partial charge in [0.1, 0.15) is 17.2 Å². The maximum atomic E-state index is 14.0. The topological polar surface area (TPSA) is 94.4 Å². The number of hydrogen-bond donors (Lipinski definition) is 1. The van der Waals surface area contributed by atoms with Gasteiger partial charge in [0.15, 0.2) is 0 Å². The largest absolute Gasteiger partial charge is 0.497 e. The molecule has 0 unspecified atom stereocenters. The van der Waals surface area contributed by atoms with Crippen molar-refractivity contribution in [1.82, 2.24) is 24.2 Å². The van der Waals surface area contributed by atoms with E-state index in [9.17, 15) is 9.59 Å². The van der Waals surface area contributed by atoms with Crippen molar-refractivity contribution in [1.29, 1.82) is 0 Å². The first-order valence-electron chi connectivity index (χ1n) is 13.0. The van der Waals surface area contributed by atoms with E-state index in [2.05, 4.69) is 4.98 Å². The lowest BCUT2D eigenvalue weighted by Crippen LogP contribution is -2.41. The predicted octanol–water partition coefficient (Wildman–Crippen LogP) is 5.33. The summed E-state index contributed by atoms with van der Waals surface area (Å²) in [6.45, 7) is 1.01. The number of nitrogens with zero attached hydrogens (tertiary/aromatic N) is 4. The smallest absolute Gasteiger partial charge is 0.326 e. The fourth-order valence-electron chi connectivity index (χ4n) is 5.41. The zero-order valence-corrected chi connectivity index (χ0v) is 22.9. The lowest BCUT2D eigenvalue weighted by Gasteiger charge is -2.32. The zero-order chi connectivity index (χ0) is 27.8. The van der Waals surface area contributed by atoms with E-state index in [4.69, 9.17) is 26.2 Å². The number of likely N-dealkylation sites (tertiary alicyclic amines) is 1. The SMILES string of the molecule is COc1ccc(-c2cc(C(=O)N3CCC(n4c(=O)[nH]c5ccccc54)CC3)n(-c3ccccc3Cl)n2)c(OC)c1. The van der Waals surface area contributed by atoms with E-state index in [0.29, 0.717) is 59.5 Å². The number of H-pyrrole nitrogens is 1. The Labute approximate surface area is 235 Å². The Kier molecular flexibility index (Phi) is 6.81. The van der Waals surface area contributed by atoms with E-state index in [1.54, 1.807) is 37.1 Å². The summed E-state index contributed by atoms with van der Waals surface area (Å²) in [6, 6.07) is 22.2. The molecular formula is C30H28ClN5O4. The predicted molar refractivity (Wildman–Crippen MR) is 154 cm³/mol. The first-order valence-corrected chi connectivity index (χ1v) is 13.4. The number of carbonyl (C=O) groups is 1. The first-order chi connectivity index (χ1) is 19.5. The Morgan fingerprint density at radius 2 is 1.73 bits per heavy atom. The van der Waals surface area contributed by atoms with E-state index < -0.39 is 0 Å². The highest BCUT2D eigenvalue weighted by molar-refractivity contribution is 6.32. The molecular weight excluding hydrogens is 530 g/mol. The minimum atomic E-state index is -0.157. The summed E-state index contributed by atoms with van der Waals surface area (Å²) in [7, 11) is 3.17. The van der Waals surface area contributed by atoms with Gasteiger partial charge in [-0.1, -0.05) is 35.9 Å². The van der Waals surface area contributed by atoms with Crippen LogP contribution in [0.1, 0.15) is 29.4 Å². The number of nitrogens with one attached hydrogen (secondary N) is 1. The number of rotatable bonds is 6. The van der Waals surface area contributed by atoms with Crippen molar-refractivity contribution >= 4 is 28.5 Å². The first kappa shape index (κ1) is 25.8. The summed E-state index contributed by atoms with van der Waals surface area (Å²) in [5.41, 5.74) is 3.86. The van der Waals surface area contributed by atoms with Gasteiger partial charge in [0.05, 0.1) is 41.7 Å². The Hall–Kier alpha value is -4.50. The van der Waals surface area contributed by atoms with Gasteiger partial charge in [-0.05, 0) is 55.3 Å². The second-order valence-electron chi connectivity index (χ2n) is 9.68. The van der Waals surface area contributed by atoms with E-state index in [-0.39, 0.29) is 17.6 Å². The quantitative estimate of drug-likeness (QED) is 0.304. The summed E-state index contributed by atoms with van der Waals surface area (Å²) in [4.78, 5) is 31.4. The molecule has 0 saturated carbocycles. The molecule has 1 amide bonds. The van der Waals surface area contributed by atoms with Crippen LogP contribution < -0.4 is 15.2 Å². The van der Waals surface area contributed by atoms with Gasteiger partial charge in [-0.2, -0.15) is 5.10 Å². The molecule has 0 radical (unpaired) electrons. The van der Waals surface area contributed by atoms with Crippen molar-refractivity contribution in [3.8, 4) is 28.4 Å². The van der Waals surface area contributed by atoms with E-state index in [1.165, 1.54) is 0 Å². The number of amides is 1. The number of piperidine rings is 1. The van der Waals surface area contributed by atoms with Crippen molar-refractivity contribution in [2.24, 2.45) is 0 Å². The number of para-hydroxylation sites is 3. The van der Waals surface area contributed by atoms with Crippen LogP contribution in [0.4, 0.5) is 0 Å². The molecule has 204 valence electrons. The number of halogens is 1. The average molecular weight is 558 g/mol. The molecule has 1 aliphatic heterocycles. The second kappa shape index (κ2) is 10.6. The van der Waals surface area contributed by atoms with Gasteiger partial charge in [0, 0.05) is 30.8 Å². The van der Waals surface area contributed by atoms with Gasteiger partial charge < -0.3 is 19.4 Å². The summed E-state index contributed by atoms with van der Waals surface area (Å²) in [5, 5.41) is 5.28. The highest BCUT2D eigenvalue weighted by atomic mass is 35.5. The molecule has 5 aromatic rings. The molecule has 0 spiro atoms. The molecule has 0 atom stereocenters. The second-order valence-corrected chi connectivity index (χ2v) is 10.1. The maximum absolute atomic E-state index is 14.0. The van der Waals surface area contributed by atoms with Crippen LogP contribution in [0.2, 0.25) is 5.02 Å². The summed E-state index contributed by atoms with van der Waals surface area (Å²) >= 11 is 6.55. The molecule has 1 N–H and O–H groups in total. The summed E-state index contributed by atoms with van der Waals surface area (Å²) < 4.78 is 14.4. The fourth-order valence-corrected chi connectivity index (χ4v) is 5.62. The number of imidazole rings is 1. The van der Waals surface area contributed by atoms with Crippen LogP contribution in [-0.4, -0.2) is 57.4 Å². The number of hydrogen-bond acceptors (Lipinski definition) is 5. The van der Waals surface area contributed by atoms with Gasteiger partial charge in [0.25, 0.3) is 5.91 Å². The summed E-state index contributed by atoms with van der Waals surface area (Å²) in [5.74, 6) is 1.07. The Morgan fingerprint density at radius 1 is 0.975 bits per heavy atom. The van der Waals surface area contributed by atoms with Gasteiger partial charge in [-0.25, -0.2) is 9.48 Å². The van der Waals surface area contributed by atoms with Crippen LogP contribution in [0.15, 0.2) is 77.6 Å². The lowest BCUT2D eigenvalue weighted by atomic mass is 10.0. The van der Waals surface area contributed by atoms with Crippen molar-refractivity contribution in [2.45, 2.75) is 18.9 Å². The third kappa shape index (κ3) is 4.52. The number of carbonyl (C=O) groups excluding carboxylic acids is 1. The van der Waals surface area contributed by atoms with Crippen molar-refractivity contribution in [3.05, 3.63) is 94.0 Å². The van der Waals surface area contributed by atoms with Crippen molar-refractivity contribution in [2.75, 3.05) is 27.3 Å². The van der Waals surface area contributed by atoms with Crippen LogP contribution in [0, 0.1) is 0 Å². The molecule has 0 bridgehead atoms. The molecule has 0 aliphatic carbocycles. The summed E-state index contributed by atoms with van der Waals surface area (Å²) in [6.07, 6.45) is 1.32. The van der Waals surface area contributed by atoms with Crippen LogP contribution in [0.5, 0.6) is 11.5 Å². The van der Waals surface area contributed by atoms with Gasteiger partial charge >= 0.3 is 5.69 Å². The number of aromatic nitrogens is 4. The van der Waals surface area contributed by atoms with Crippen molar-refractivity contribution in [3.63, 3.8) is 0 Å². The Bertz CT molecular complexity index is 1760. The van der Waals surface area contributed by atoms with Crippen LogP contribution in [0.25, 0.3) is 28.0 Å². The monoisotopic (exact) mass is 557 g/mol. The third-order valence-electron chi connectivity index (χ3n) is 7.43. The third-order valence-corrected chi connectivity index (χ3v) is 7.75. The van der Waals surface area contributed by atoms with E-state index in [0.717, 1.165) is 16.6 Å². The molecule has 3 aromatic carbocycles. The molecule has 1 aliphatic rings. The minimum absolute atomic E-state index is 0.000278. The van der Waals surface area contributed by atoms with Crippen molar-refractivity contribution < 1.29 is 14.3 Å². The molecule has 1 fully saturated rings. The number of ether oxygens (including phenoxy) is 2. The van der Waals surface area contributed by atoms with Gasteiger partial charge in [0.2, 0.25) is 0 Å². The molecule has 3 heterocycles. The van der Waals surface area contributed by atoms with Crippen LogP contribution in [0.3, 0.4) is 0 Å². The van der Waals surface area contributed by atoms with Gasteiger partial charge in [-0.15, -0.1) is 0 Å². The number of aromatic amines is 1. The Balaban J connectivity index is 1.33. The fraction of sp³-hybridized carbons (Fsp3) is 0.233. The molecule has 1 saturated heterocycles. The van der Waals surface area contributed by atoms with E-state index >= 15 is 0 Å². The Morgan fingerprint density at radius 3 is 2.48 bits per heavy atom. The minimum Gasteiger partial charge on any atom is -0.497 e. The van der Waals surface area contributed by atoms with Crippen LogP contribution >= 0.6 is 11.6 Å². The maximum Gasteiger partial charge on any atom is 0.326 e. The molecule has 40 heavy (non-hydrogen) atoms. The molecule has 6 rings (SSSR count). The molecule has 10 heteroatoms. The standard InChI is InChI=1S/C30H28ClN5O4/c1-39-20-11-12-21(28(17-20)40-2)24-18-27(36(33-24)25-9-5-3-7-22(25)31)29(37)34-15-13-19(14-16-34)35-26-10-6-4-8-23(26)32-30(35)38/h3-12,17-19H,13-16H2,1-2H3,(H,32,38).